The smallest absolute Gasteiger partial charge is 0.199 e. The molecule has 0 radical (unpaired) electrons. The maximum Gasteiger partial charge on any atom is 0.199 e. The van der Waals surface area contributed by atoms with Crippen LogP contribution >= 0.6 is 0 Å². The normalized spacial score (nSPS) is 10.7. The molecule has 1 heterocycles. The molecule has 0 aliphatic rings. The lowest BCUT2D eigenvalue weighted by molar-refractivity contribution is 0.109. The van der Waals surface area contributed by atoms with Crippen LogP contribution in [-0.2, 0) is 0 Å². The molecule has 1 aromatic heterocycles. The van der Waals surface area contributed by atoms with Crippen molar-refractivity contribution in [2.75, 3.05) is 0 Å². The minimum atomic E-state index is 0.239. The third-order valence-electron chi connectivity index (χ3n) is 1.91. The molecule has 0 saturated carbocycles. The molecule has 0 fully saturated rings. The van der Waals surface area contributed by atoms with E-state index in [0.717, 1.165) is 5.56 Å². The van der Waals surface area contributed by atoms with E-state index < -0.39 is 0 Å². The van der Waals surface area contributed by atoms with Crippen LogP contribution in [0.4, 0.5) is 0 Å². The van der Waals surface area contributed by atoms with Gasteiger partial charge in [0.05, 0.1) is 0 Å². The van der Waals surface area contributed by atoms with Gasteiger partial charge in [0.25, 0.3) is 0 Å². The molecule has 0 aliphatic carbocycles. The average molecular weight is 199 g/mol. The largest absolute Gasteiger partial charge is 0.353 e. The van der Waals surface area contributed by atoms with E-state index in [9.17, 15) is 4.79 Å². The maximum absolute atomic E-state index is 10.3. The van der Waals surface area contributed by atoms with Gasteiger partial charge in [0.15, 0.2) is 12.0 Å². The van der Waals surface area contributed by atoms with E-state index in [1.165, 1.54) is 0 Å². The van der Waals surface area contributed by atoms with Crippen molar-refractivity contribution in [1.82, 2.24) is 5.16 Å². The molecule has 2 aromatic rings. The van der Waals surface area contributed by atoms with Gasteiger partial charge in [0, 0.05) is 6.07 Å². The summed E-state index contributed by atoms with van der Waals surface area (Å²) in [4.78, 5) is 10.3. The molecule has 0 aliphatic heterocycles. The molecular weight excluding hydrogens is 190 g/mol. The summed E-state index contributed by atoms with van der Waals surface area (Å²) in [6, 6.07) is 11.4. The predicted molar refractivity (Wildman–Crippen MR) is 57.3 cm³/mol. The first-order chi connectivity index (χ1) is 7.38. The van der Waals surface area contributed by atoms with E-state index in [0.29, 0.717) is 12.0 Å². The zero-order valence-corrected chi connectivity index (χ0v) is 7.96. The van der Waals surface area contributed by atoms with E-state index in [1.807, 2.05) is 36.4 Å². The lowest BCUT2D eigenvalue weighted by Gasteiger charge is -1.88. The molecule has 0 spiro atoms. The van der Waals surface area contributed by atoms with Gasteiger partial charge in [-0.15, -0.1) is 0 Å². The van der Waals surface area contributed by atoms with Crippen molar-refractivity contribution in [3.8, 4) is 0 Å². The first-order valence-electron chi connectivity index (χ1n) is 4.53. The Bertz CT molecular complexity index is 471. The van der Waals surface area contributed by atoms with Crippen LogP contribution in [0.25, 0.3) is 12.2 Å². The lowest BCUT2D eigenvalue weighted by atomic mass is 10.2. The summed E-state index contributed by atoms with van der Waals surface area (Å²) in [5.74, 6) is 0.239. The lowest BCUT2D eigenvalue weighted by Crippen LogP contribution is -1.70. The van der Waals surface area contributed by atoms with Gasteiger partial charge in [-0.05, 0) is 11.6 Å². The van der Waals surface area contributed by atoms with Crippen LogP contribution in [0.2, 0.25) is 0 Å². The number of benzene rings is 1. The van der Waals surface area contributed by atoms with Gasteiger partial charge in [-0.25, -0.2) is 0 Å². The van der Waals surface area contributed by atoms with Crippen molar-refractivity contribution < 1.29 is 9.32 Å². The molecule has 1 aromatic carbocycles. The third kappa shape index (κ3) is 2.40. The SMILES string of the molecule is O=Cc1cc(C=Cc2ccccc2)no1. The quantitative estimate of drug-likeness (QED) is 0.713. The molecule has 0 atom stereocenters. The highest BCUT2D eigenvalue weighted by Gasteiger charge is 1.98. The van der Waals surface area contributed by atoms with E-state index in [2.05, 4.69) is 5.16 Å². The Morgan fingerprint density at radius 2 is 1.93 bits per heavy atom. The summed E-state index contributed by atoms with van der Waals surface area (Å²) < 4.78 is 4.73. The second kappa shape index (κ2) is 4.37. The first kappa shape index (κ1) is 9.40. The standard InChI is InChI=1S/C12H9NO2/c14-9-12-8-11(13-15-12)7-6-10-4-2-1-3-5-10/h1-9H. The van der Waals surface area contributed by atoms with Crippen LogP contribution in [-0.4, -0.2) is 11.4 Å². The Balaban J connectivity index is 2.15. The summed E-state index contributed by atoms with van der Waals surface area (Å²) in [6.07, 6.45) is 4.34. The molecule has 3 heteroatoms. The van der Waals surface area contributed by atoms with Gasteiger partial charge >= 0.3 is 0 Å². The number of carbonyl (C=O) groups excluding carboxylic acids is 1. The summed E-state index contributed by atoms with van der Waals surface area (Å²) >= 11 is 0. The van der Waals surface area contributed by atoms with Crippen molar-refractivity contribution in [3.05, 3.63) is 53.4 Å². The summed E-state index contributed by atoms with van der Waals surface area (Å²) in [5, 5.41) is 3.71. The Morgan fingerprint density at radius 1 is 1.13 bits per heavy atom. The highest BCUT2D eigenvalue weighted by molar-refractivity contribution is 5.74. The van der Waals surface area contributed by atoms with Crippen LogP contribution in [0, 0.1) is 0 Å². The molecule has 74 valence electrons. The second-order valence-corrected chi connectivity index (χ2v) is 3.02. The topological polar surface area (TPSA) is 43.1 Å². The predicted octanol–water partition coefficient (Wildman–Crippen LogP) is 2.66. The van der Waals surface area contributed by atoms with E-state index in [4.69, 9.17) is 4.52 Å². The van der Waals surface area contributed by atoms with Crippen LogP contribution in [0.15, 0.2) is 40.9 Å². The van der Waals surface area contributed by atoms with Gasteiger partial charge in [-0.2, -0.15) is 0 Å². The molecule has 0 bridgehead atoms. The van der Waals surface area contributed by atoms with E-state index in [-0.39, 0.29) is 5.76 Å². The number of hydrogen-bond acceptors (Lipinski definition) is 3. The van der Waals surface area contributed by atoms with Gasteiger partial charge in [0.2, 0.25) is 0 Å². The number of rotatable bonds is 3. The maximum atomic E-state index is 10.3. The highest BCUT2D eigenvalue weighted by Crippen LogP contribution is 2.07. The number of aldehydes is 1. The van der Waals surface area contributed by atoms with Gasteiger partial charge in [-0.3, -0.25) is 4.79 Å². The minimum Gasteiger partial charge on any atom is -0.353 e. The fraction of sp³-hybridized carbons (Fsp3) is 0. The third-order valence-corrected chi connectivity index (χ3v) is 1.91. The van der Waals surface area contributed by atoms with Gasteiger partial charge in [-0.1, -0.05) is 41.6 Å². The molecule has 2 rings (SSSR count). The highest BCUT2D eigenvalue weighted by atomic mass is 16.5. The monoisotopic (exact) mass is 199 g/mol. The summed E-state index contributed by atoms with van der Waals surface area (Å²) in [6.45, 7) is 0. The van der Waals surface area contributed by atoms with E-state index >= 15 is 0 Å². The van der Waals surface area contributed by atoms with Crippen LogP contribution in [0.5, 0.6) is 0 Å². The Morgan fingerprint density at radius 3 is 2.60 bits per heavy atom. The van der Waals surface area contributed by atoms with Crippen molar-refractivity contribution in [3.63, 3.8) is 0 Å². The number of carbonyl (C=O) groups is 1. The Hall–Kier alpha value is -2.16. The van der Waals surface area contributed by atoms with Crippen molar-refractivity contribution in [2.45, 2.75) is 0 Å². The fourth-order valence-corrected chi connectivity index (χ4v) is 1.18. The zero-order valence-electron chi connectivity index (χ0n) is 7.96. The van der Waals surface area contributed by atoms with Crippen LogP contribution in [0.3, 0.4) is 0 Å². The Labute approximate surface area is 87.0 Å². The first-order valence-corrected chi connectivity index (χ1v) is 4.53. The molecule has 15 heavy (non-hydrogen) atoms. The van der Waals surface area contributed by atoms with Crippen LogP contribution in [0.1, 0.15) is 21.8 Å². The van der Waals surface area contributed by atoms with Crippen molar-refractivity contribution in [1.29, 1.82) is 0 Å². The summed E-state index contributed by atoms with van der Waals surface area (Å²) in [7, 11) is 0. The summed E-state index contributed by atoms with van der Waals surface area (Å²) in [5.41, 5.74) is 1.72. The average Bonchev–Trinajstić information content (AvgIpc) is 2.76. The molecular formula is C12H9NO2. The van der Waals surface area contributed by atoms with Crippen molar-refractivity contribution >= 4 is 18.4 Å². The van der Waals surface area contributed by atoms with Gasteiger partial charge in [0.1, 0.15) is 5.69 Å². The van der Waals surface area contributed by atoms with E-state index in [1.54, 1.807) is 12.1 Å². The second-order valence-electron chi connectivity index (χ2n) is 3.02. The number of nitrogens with zero attached hydrogens (tertiary/aromatic N) is 1. The molecule has 3 nitrogen and oxygen atoms in total. The van der Waals surface area contributed by atoms with Gasteiger partial charge < -0.3 is 4.52 Å². The van der Waals surface area contributed by atoms with Crippen LogP contribution < -0.4 is 0 Å². The Kier molecular flexibility index (Phi) is 2.74. The molecule has 0 unspecified atom stereocenters. The zero-order chi connectivity index (χ0) is 10.5. The fourth-order valence-electron chi connectivity index (χ4n) is 1.18. The number of hydrogen-bond donors (Lipinski definition) is 0. The van der Waals surface area contributed by atoms with Crippen molar-refractivity contribution in [2.24, 2.45) is 0 Å². The number of aromatic nitrogens is 1. The molecule has 0 N–H and O–H groups in total. The molecule has 0 saturated heterocycles. The molecule has 0 amide bonds. The minimum absolute atomic E-state index is 0.239.